The maximum absolute atomic E-state index is 12.9. The van der Waals surface area contributed by atoms with E-state index in [1.807, 2.05) is 12.1 Å². The highest BCUT2D eigenvalue weighted by atomic mass is 79.9. The third-order valence-corrected chi connectivity index (χ3v) is 2.90. The van der Waals surface area contributed by atoms with Gasteiger partial charge in [0.1, 0.15) is 5.82 Å². The van der Waals surface area contributed by atoms with Gasteiger partial charge in [-0.3, -0.25) is 4.98 Å². The van der Waals surface area contributed by atoms with Gasteiger partial charge in [-0.05, 0) is 29.8 Å². The SMILES string of the molecule is Fc1ccc(CNc2cccnc2)c(Br)c1. The van der Waals surface area contributed by atoms with Gasteiger partial charge in [0, 0.05) is 23.4 Å². The van der Waals surface area contributed by atoms with E-state index >= 15 is 0 Å². The number of nitrogens with one attached hydrogen (secondary N) is 1. The van der Waals surface area contributed by atoms with Gasteiger partial charge in [0.25, 0.3) is 0 Å². The van der Waals surface area contributed by atoms with E-state index in [0.717, 1.165) is 15.7 Å². The maximum Gasteiger partial charge on any atom is 0.124 e. The Morgan fingerprint density at radius 1 is 1.31 bits per heavy atom. The van der Waals surface area contributed by atoms with E-state index in [1.54, 1.807) is 18.5 Å². The van der Waals surface area contributed by atoms with E-state index in [4.69, 9.17) is 0 Å². The largest absolute Gasteiger partial charge is 0.380 e. The zero-order valence-electron chi connectivity index (χ0n) is 8.45. The fourth-order valence-electron chi connectivity index (χ4n) is 1.33. The van der Waals surface area contributed by atoms with E-state index in [-0.39, 0.29) is 5.82 Å². The molecule has 2 nitrogen and oxygen atoms in total. The minimum Gasteiger partial charge on any atom is -0.380 e. The molecule has 0 fully saturated rings. The van der Waals surface area contributed by atoms with Crippen LogP contribution in [-0.4, -0.2) is 4.98 Å². The van der Waals surface area contributed by atoms with Crippen LogP contribution in [0.1, 0.15) is 5.56 Å². The molecular formula is C12H10BrFN2. The fourth-order valence-corrected chi connectivity index (χ4v) is 1.82. The van der Waals surface area contributed by atoms with E-state index in [0.29, 0.717) is 6.54 Å². The Morgan fingerprint density at radius 3 is 2.88 bits per heavy atom. The van der Waals surface area contributed by atoms with Gasteiger partial charge < -0.3 is 5.32 Å². The van der Waals surface area contributed by atoms with Crippen molar-refractivity contribution in [2.24, 2.45) is 0 Å². The van der Waals surface area contributed by atoms with Crippen LogP contribution in [0.3, 0.4) is 0 Å². The van der Waals surface area contributed by atoms with Gasteiger partial charge >= 0.3 is 0 Å². The van der Waals surface area contributed by atoms with Crippen LogP contribution < -0.4 is 5.32 Å². The summed E-state index contributed by atoms with van der Waals surface area (Å²) in [6.45, 7) is 0.632. The molecule has 1 heterocycles. The van der Waals surface area contributed by atoms with E-state index < -0.39 is 0 Å². The Morgan fingerprint density at radius 2 is 2.19 bits per heavy atom. The normalized spacial score (nSPS) is 10.1. The summed E-state index contributed by atoms with van der Waals surface area (Å²) >= 11 is 3.33. The van der Waals surface area contributed by atoms with Crippen LogP contribution in [0.2, 0.25) is 0 Å². The molecule has 0 saturated carbocycles. The van der Waals surface area contributed by atoms with Crippen LogP contribution in [-0.2, 0) is 6.54 Å². The average Bonchev–Trinajstić information content (AvgIpc) is 2.29. The average molecular weight is 281 g/mol. The third-order valence-electron chi connectivity index (χ3n) is 2.16. The van der Waals surface area contributed by atoms with E-state index in [9.17, 15) is 4.39 Å². The number of nitrogens with zero attached hydrogens (tertiary/aromatic N) is 1. The number of hydrogen-bond acceptors (Lipinski definition) is 2. The second-order valence-corrected chi connectivity index (χ2v) is 4.19. The Bertz CT molecular complexity index is 474. The molecule has 0 saturated heterocycles. The predicted octanol–water partition coefficient (Wildman–Crippen LogP) is 3.60. The van der Waals surface area contributed by atoms with Crippen molar-refractivity contribution >= 4 is 21.6 Å². The summed E-state index contributed by atoms with van der Waals surface area (Å²) in [5.74, 6) is -0.239. The topological polar surface area (TPSA) is 24.9 Å². The van der Waals surface area contributed by atoms with Crippen LogP contribution in [0.5, 0.6) is 0 Å². The lowest BCUT2D eigenvalue weighted by Crippen LogP contribution is -2.00. The molecule has 0 unspecified atom stereocenters. The molecule has 0 radical (unpaired) electrons. The lowest BCUT2D eigenvalue weighted by atomic mass is 10.2. The summed E-state index contributed by atoms with van der Waals surface area (Å²) in [7, 11) is 0. The molecule has 1 N–H and O–H groups in total. The first kappa shape index (κ1) is 11.1. The number of benzene rings is 1. The molecule has 1 aromatic heterocycles. The Hall–Kier alpha value is -1.42. The van der Waals surface area contributed by atoms with Gasteiger partial charge in [-0.1, -0.05) is 22.0 Å². The van der Waals surface area contributed by atoms with Crippen molar-refractivity contribution in [1.82, 2.24) is 4.98 Å². The van der Waals surface area contributed by atoms with Gasteiger partial charge in [0.2, 0.25) is 0 Å². The first-order valence-corrected chi connectivity index (χ1v) is 5.63. The monoisotopic (exact) mass is 280 g/mol. The summed E-state index contributed by atoms with van der Waals surface area (Å²) in [5, 5.41) is 3.21. The molecule has 4 heteroatoms. The number of pyridine rings is 1. The molecule has 1 aromatic carbocycles. The Balaban J connectivity index is 2.05. The first-order chi connectivity index (χ1) is 7.75. The number of halogens is 2. The molecule has 0 aliphatic heterocycles. The van der Waals surface area contributed by atoms with Crippen molar-refractivity contribution in [3.05, 3.63) is 58.6 Å². The van der Waals surface area contributed by atoms with Crippen LogP contribution in [0.4, 0.5) is 10.1 Å². The summed E-state index contributed by atoms with van der Waals surface area (Å²) in [6, 6.07) is 8.46. The van der Waals surface area contributed by atoms with E-state index in [2.05, 4.69) is 26.2 Å². The smallest absolute Gasteiger partial charge is 0.124 e. The Labute approximate surface area is 102 Å². The van der Waals surface area contributed by atoms with Gasteiger partial charge in [-0.25, -0.2) is 4.39 Å². The molecule has 16 heavy (non-hydrogen) atoms. The zero-order valence-corrected chi connectivity index (χ0v) is 10.0. The molecule has 0 atom stereocenters. The molecule has 2 aromatic rings. The molecule has 0 aliphatic rings. The Kier molecular flexibility index (Phi) is 3.51. The molecular weight excluding hydrogens is 271 g/mol. The standard InChI is InChI=1S/C12H10BrFN2/c13-12-6-10(14)4-3-9(12)7-16-11-2-1-5-15-8-11/h1-6,8,16H,7H2. The van der Waals surface area contributed by atoms with Crippen molar-refractivity contribution in [3.63, 3.8) is 0 Å². The first-order valence-electron chi connectivity index (χ1n) is 4.83. The number of aromatic nitrogens is 1. The summed E-state index contributed by atoms with van der Waals surface area (Å²) in [5.41, 5.74) is 1.95. The van der Waals surface area contributed by atoms with Crippen molar-refractivity contribution in [2.75, 3.05) is 5.32 Å². The quantitative estimate of drug-likeness (QED) is 0.929. The van der Waals surface area contributed by atoms with Crippen LogP contribution in [0.25, 0.3) is 0 Å². The third kappa shape index (κ3) is 2.79. The highest BCUT2D eigenvalue weighted by Crippen LogP contribution is 2.19. The fraction of sp³-hybridized carbons (Fsp3) is 0.0833. The number of anilines is 1. The van der Waals surface area contributed by atoms with Gasteiger partial charge in [0.05, 0.1) is 5.69 Å². The molecule has 0 bridgehead atoms. The van der Waals surface area contributed by atoms with Crippen molar-refractivity contribution in [3.8, 4) is 0 Å². The number of rotatable bonds is 3. The van der Waals surface area contributed by atoms with Crippen molar-refractivity contribution < 1.29 is 4.39 Å². The second kappa shape index (κ2) is 5.07. The second-order valence-electron chi connectivity index (χ2n) is 3.33. The lowest BCUT2D eigenvalue weighted by Gasteiger charge is -2.07. The van der Waals surface area contributed by atoms with Crippen molar-refractivity contribution in [1.29, 1.82) is 0 Å². The van der Waals surface area contributed by atoms with Crippen LogP contribution >= 0.6 is 15.9 Å². The minimum atomic E-state index is -0.239. The van der Waals surface area contributed by atoms with Crippen LogP contribution in [0.15, 0.2) is 47.2 Å². The molecule has 0 amide bonds. The van der Waals surface area contributed by atoms with Crippen LogP contribution in [0, 0.1) is 5.82 Å². The summed E-state index contributed by atoms with van der Waals surface area (Å²) in [4.78, 5) is 4.00. The predicted molar refractivity (Wildman–Crippen MR) is 65.7 cm³/mol. The highest BCUT2D eigenvalue weighted by molar-refractivity contribution is 9.10. The molecule has 0 spiro atoms. The summed E-state index contributed by atoms with van der Waals surface area (Å²) < 4.78 is 13.6. The summed E-state index contributed by atoms with van der Waals surface area (Å²) in [6.07, 6.45) is 3.47. The minimum absolute atomic E-state index is 0.239. The molecule has 82 valence electrons. The molecule has 2 rings (SSSR count). The highest BCUT2D eigenvalue weighted by Gasteiger charge is 2.01. The number of hydrogen-bond donors (Lipinski definition) is 1. The van der Waals surface area contributed by atoms with Crippen molar-refractivity contribution in [2.45, 2.75) is 6.54 Å². The zero-order chi connectivity index (χ0) is 11.4. The van der Waals surface area contributed by atoms with Gasteiger partial charge in [-0.15, -0.1) is 0 Å². The molecule has 0 aliphatic carbocycles. The van der Waals surface area contributed by atoms with E-state index in [1.165, 1.54) is 12.1 Å². The van der Waals surface area contributed by atoms with Gasteiger partial charge in [-0.2, -0.15) is 0 Å². The van der Waals surface area contributed by atoms with Gasteiger partial charge in [0.15, 0.2) is 0 Å². The maximum atomic E-state index is 12.9. The lowest BCUT2D eigenvalue weighted by molar-refractivity contribution is 0.626.